The van der Waals surface area contributed by atoms with Crippen LogP contribution >= 0.6 is 0 Å². The summed E-state index contributed by atoms with van der Waals surface area (Å²) in [4.78, 5) is 6.09. The van der Waals surface area contributed by atoms with E-state index in [0.717, 1.165) is 6.42 Å². The lowest BCUT2D eigenvalue weighted by molar-refractivity contribution is 0.533. The molecule has 0 rings (SSSR count). The number of hydrogen-bond donors (Lipinski definition) is 0. The van der Waals surface area contributed by atoms with E-state index in [0.29, 0.717) is 0 Å². The molecule has 0 saturated carbocycles. The molecule has 0 aliphatic rings. The van der Waals surface area contributed by atoms with Crippen molar-refractivity contribution in [2.75, 3.05) is 21.1 Å². The highest BCUT2D eigenvalue weighted by molar-refractivity contribution is 5.78. The maximum absolute atomic E-state index is 4.00. The van der Waals surface area contributed by atoms with Crippen LogP contribution < -0.4 is 0 Å². The van der Waals surface area contributed by atoms with Crippen LogP contribution in [-0.2, 0) is 0 Å². The SMILES string of the molecule is CC/C(C)=C(\C=NC)N(C)C. The van der Waals surface area contributed by atoms with Crippen molar-refractivity contribution in [2.24, 2.45) is 4.99 Å². The molecule has 0 amide bonds. The second-order valence-electron chi connectivity index (χ2n) is 2.80. The molecule has 64 valence electrons. The van der Waals surface area contributed by atoms with Crippen LogP contribution in [0.1, 0.15) is 20.3 Å². The fourth-order valence-corrected chi connectivity index (χ4v) is 0.911. The first-order chi connectivity index (χ1) is 5.13. The molecule has 0 aromatic carbocycles. The Labute approximate surface area is 69.6 Å². The number of nitrogens with zero attached hydrogens (tertiary/aromatic N) is 2. The van der Waals surface area contributed by atoms with Gasteiger partial charge in [-0.25, -0.2) is 0 Å². The molecular weight excluding hydrogens is 136 g/mol. The summed E-state index contributed by atoms with van der Waals surface area (Å²) in [5.41, 5.74) is 2.59. The Balaban J connectivity index is 4.57. The standard InChI is InChI=1S/C9H18N2/c1-6-8(2)9(7-10-3)11(4)5/h7H,6H2,1-5H3/b9-8+,10-7?. The Kier molecular flexibility index (Phi) is 4.59. The Morgan fingerprint density at radius 1 is 1.45 bits per heavy atom. The minimum atomic E-state index is 1.08. The zero-order chi connectivity index (χ0) is 8.85. The van der Waals surface area contributed by atoms with Crippen molar-refractivity contribution in [2.45, 2.75) is 20.3 Å². The van der Waals surface area contributed by atoms with Crippen LogP contribution in [0.3, 0.4) is 0 Å². The third kappa shape index (κ3) is 3.21. The van der Waals surface area contributed by atoms with Gasteiger partial charge in [-0.3, -0.25) is 4.99 Å². The smallest absolute Gasteiger partial charge is 0.0531 e. The molecule has 0 fully saturated rings. The van der Waals surface area contributed by atoms with E-state index in [1.54, 1.807) is 7.05 Å². The van der Waals surface area contributed by atoms with Crippen molar-refractivity contribution < 1.29 is 0 Å². The Morgan fingerprint density at radius 3 is 2.27 bits per heavy atom. The van der Waals surface area contributed by atoms with Gasteiger partial charge in [-0.05, 0) is 18.9 Å². The number of hydrogen-bond acceptors (Lipinski definition) is 2. The van der Waals surface area contributed by atoms with Crippen molar-refractivity contribution in [3.63, 3.8) is 0 Å². The van der Waals surface area contributed by atoms with E-state index in [-0.39, 0.29) is 0 Å². The molecule has 0 bridgehead atoms. The van der Waals surface area contributed by atoms with Gasteiger partial charge >= 0.3 is 0 Å². The minimum absolute atomic E-state index is 1.08. The van der Waals surface area contributed by atoms with Crippen molar-refractivity contribution in [3.05, 3.63) is 11.3 Å². The topological polar surface area (TPSA) is 15.6 Å². The van der Waals surface area contributed by atoms with Gasteiger partial charge in [0, 0.05) is 27.4 Å². The fourth-order valence-electron chi connectivity index (χ4n) is 0.911. The molecule has 0 atom stereocenters. The van der Waals surface area contributed by atoms with Gasteiger partial charge in [-0.15, -0.1) is 0 Å². The maximum atomic E-state index is 4.00. The van der Waals surface area contributed by atoms with Crippen molar-refractivity contribution in [1.82, 2.24) is 4.90 Å². The van der Waals surface area contributed by atoms with E-state index in [1.165, 1.54) is 11.3 Å². The molecule has 0 heterocycles. The molecule has 0 unspecified atom stereocenters. The van der Waals surface area contributed by atoms with Crippen LogP contribution in [0.25, 0.3) is 0 Å². The molecule has 11 heavy (non-hydrogen) atoms. The first-order valence-corrected chi connectivity index (χ1v) is 3.92. The van der Waals surface area contributed by atoms with Gasteiger partial charge < -0.3 is 4.90 Å². The summed E-state index contributed by atoms with van der Waals surface area (Å²) in [5.74, 6) is 0. The van der Waals surface area contributed by atoms with Crippen molar-refractivity contribution in [3.8, 4) is 0 Å². The van der Waals surface area contributed by atoms with Gasteiger partial charge in [0.1, 0.15) is 0 Å². The van der Waals surface area contributed by atoms with E-state index in [9.17, 15) is 0 Å². The van der Waals surface area contributed by atoms with Crippen LogP contribution in [0.5, 0.6) is 0 Å². The summed E-state index contributed by atoms with van der Waals surface area (Å²) in [6.07, 6.45) is 2.98. The zero-order valence-electron chi connectivity index (χ0n) is 8.18. The molecule has 0 radical (unpaired) electrons. The zero-order valence-corrected chi connectivity index (χ0v) is 8.18. The Morgan fingerprint density at radius 2 is 2.00 bits per heavy atom. The Hall–Kier alpha value is -0.790. The Bertz CT molecular complexity index is 166. The van der Waals surface area contributed by atoms with Crippen molar-refractivity contribution in [1.29, 1.82) is 0 Å². The van der Waals surface area contributed by atoms with Gasteiger partial charge in [-0.1, -0.05) is 6.92 Å². The lowest BCUT2D eigenvalue weighted by Gasteiger charge is -2.15. The van der Waals surface area contributed by atoms with Gasteiger partial charge in [0.05, 0.1) is 5.70 Å². The van der Waals surface area contributed by atoms with Gasteiger partial charge in [0.15, 0.2) is 0 Å². The highest BCUT2D eigenvalue weighted by Gasteiger charge is 1.98. The van der Waals surface area contributed by atoms with Crippen LogP contribution in [0, 0.1) is 0 Å². The quantitative estimate of drug-likeness (QED) is 0.567. The molecule has 0 aliphatic carbocycles. The molecule has 2 heteroatoms. The molecular formula is C9H18N2. The van der Waals surface area contributed by atoms with Crippen LogP contribution in [-0.4, -0.2) is 32.3 Å². The molecule has 0 aromatic rings. The van der Waals surface area contributed by atoms with Gasteiger partial charge in [0.2, 0.25) is 0 Å². The van der Waals surface area contributed by atoms with E-state index in [1.807, 2.05) is 20.3 Å². The predicted molar refractivity (Wildman–Crippen MR) is 51.1 cm³/mol. The molecule has 0 aromatic heterocycles. The second-order valence-corrected chi connectivity index (χ2v) is 2.80. The third-order valence-electron chi connectivity index (χ3n) is 1.70. The second kappa shape index (κ2) is 4.94. The molecule has 0 saturated heterocycles. The summed E-state index contributed by atoms with van der Waals surface area (Å²) in [7, 11) is 5.87. The average Bonchev–Trinajstić information content (AvgIpc) is 1.98. The first-order valence-electron chi connectivity index (χ1n) is 3.92. The van der Waals surface area contributed by atoms with Gasteiger partial charge in [-0.2, -0.15) is 0 Å². The third-order valence-corrected chi connectivity index (χ3v) is 1.70. The molecule has 0 spiro atoms. The van der Waals surface area contributed by atoms with E-state index < -0.39 is 0 Å². The highest BCUT2D eigenvalue weighted by Crippen LogP contribution is 2.07. The average molecular weight is 154 g/mol. The largest absolute Gasteiger partial charge is 0.376 e. The predicted octanol–water partition coefficient (Wildman–Crippen LogP) is 1.93. The van der Waals surface area contributed by atoms with Crippen molar-refractivity contribution >= 4 is 6.21 Å². The van der Waals surface area contributed by atoms with Gasteiger partial charge in [0.25, 0.3) is 0 Å². The molecule has 0 N–H and O–H groups in total. The highest BCUT2D eigenvalue weighted by atomic mass is 15.1. The summed E-state index contributed by atoms with van der Waals surface area (Å²) < 4.78 is 0. The summed E-state index contributed by atoms with van der Waals surface area (Å²) >= 11 is 0. The fraction of sp³-hybridized carbons (Fsp3) is 0.667. The van der Waals surface area contributed by atoms with E-state index in [4.69, 9.17) is 0 Å². The normalized spacial score (nSPS) is 13.5. The number of allylic oxidation sites excluding steroid dienone is 2. The number of rotatable bonds is 3. The maximum Gasteiger partial charge on any atom is 0.0531 e. The summed E-state index contributed by atoms with van der Waals surface area (Å²) in [6, 6.07) is 0. The van der Waals surface area contributed by atoms with E-state index >= 15 is 0 Å². The minimum Gasteiger partial charge on any atom is -0.376 e. The van der Waals surface area contributed by atoms with Crippen LogP contribution in [0.4, 0.5) is 0 Å². The van der Waals surface area contributed by atoms with E-state index in [2.05, 4.69) is 23.7 Å². The summed E-state index contributed by atoms with van der Waals surface area (Å²) in [5, 5.41) is 0. The van der Waals surface area contributed by atoms with Crippen LogP contribution in [0.15, 0.2) is 16.3 Å². The monoisotopic (exact) mass is 154 g/mol. The molecule has 2 nitrogen and oxygen atoms in total. The summed E-state index contributed by atoms with van der Waals surface area (Å²) in [6.45, 7) is 4.29. The number of aliphatic imine (C=N–C) groups is 1. The van der Waals surface area contributed by atoms with Crippen LogP contribution in [0.2, 0.25) is 0 Å². The lowest BCUT2D eigenvalue weighted by Crippen LogP contribution is -2.14. The first kappa shape index (κ1) is 10.2. The lowest BCUT2D eigenvalue weighted by atomic mass is 10.2. The molecule has 0 aliphatic heterocycles.